The Hall–Kier alpha value is -0.600. The summed E-state index contributed by atoms with van der Waals surface area (Å²) in [6.45, 7) is 0. The summed E-state index contributed by atoms with van der Waals surface area (Å²) in [7, 11) is 1.22. The van der Waals surface area contributed by atoms with Crippen molar-refractivity contribution in [3.8, 4) is 0 Å². The Kier molecular flexibility index (Phi) is 0.694. The van der Waals surface area contributed by atoms with Gasteiger partial charge in [0, 0.05) is 0 Å². The summed E-state index contributed by atoms with van der Waals surface area (Å²) in [5.74, 6) is 4.39. The maximum Gasteiger partial charge on any atom is 0.215 e. The number of nitroso groups, excluding NO2 is 1. The van der Waals surface area contributed by atoms with Crippen LogP contribution in [0.15, 0.2) is 0 Å². The molecule has 3 nitrogen and oxygen atoms in total. The minimum Gasteiger partial charge on any atom is -0.166 e. The van der Waals surface area contributed by atoms with Crippen molar-refractivity contribution < 1.29 is 4.87 Å². The Bertz CT molecular complexity index is 29.0. The van der Waals surface area contributed by atoms with Gasteiger partial charge in [-0.15, -0.1) is 0 Å². The van der Waals surface area contributed by atoms with E-state index < -0.39 is 0 Å². The molecule has 0 atom stereocenters. The third kappa shape index (κ3) is 0.622. The highest BCUT2D eigenvalue weighted by molar-refractivity contribution is 3.68. The van der Waals surface area contributed by atoms with Gasteiger partial charge in [-0.2, -0.15) is 5.84 Å². The lowest BCUT2D eigenvalue weighted by Crippen LogP contribution is -2.07. The molecule has 0 radical (unpaired) electrons. The van der Waals surface area contributed by atoms with E-state index in [4.69, 9.17) is 4.91 Å². The van der Waals surface area contributed by atoms with Crippen molar-refractivity contribution >= 4 is 0 Å². The molecule has 0 fully saturated rings. The highest BCUT2D eigenvalue weighted by Crippen LogP contribution is 1.23. The molecular formula is CH5N2O+. The molecule has 4 heavy (non-hydrogen) atoms. The summed E-state index contributed by atoms with van der Waals surface area (Å²) in [5.41, 5.74) is 0. The van der Waals surface area contributed by atoms with Gasteiger partial charge in [0.15, 0.2) is 0 Å². The topological polar surface area (TPSA) is 46.1 Å². The van der Waals surface area contributed by atoms with Gasteiger partial charge in [0.05, 0.1) is 4.91 Å². The molecule has 0 rings (SSSR count). The first-order chi connectivity index (χ1) is 1.73. The molecule has 0 aromatic carbocycles. The molecule has 0 aliphatic rings. The molecule has 0 heterocycles. The molecule has 0 unspecified atom stereocenters. The van der Waals surface area contributed by atoms with Crippen LogP contribution in [0.4, 0.5) is 0 Å². The smallest absolute Gasteiger partial charge is 0.166 e. The van der Waals surface area contributed by atoms with Crippen LogP contribution in [0.1, 0.15) is 0 Å². The molecule has 0 aromatic heterocycles. The molecule has 2 N–H and O–H groups in total. The van der Waals surface area contributed by atoms with Crippen LogP contribution < -0.4 is 5.84 Å². The quantitative estimate of drug-likeness (QED) is 0.228. The first kappa shape index (κ1) is 3.40. The van der Waals surface area contributed by atoms with Crippen molar-refractivity contribution in [2.45, 2.75) is 0 Å². The summed E-state index contributed by atoms with van der Waals surface area (Å²) in [6.07, 6.45) is 0. The zero-order chi connectivity index (χ0) is 3.58. The largest absolute Gasteiger partial charge is 0.215 e. The molecule has 0 amide bonds. The maximum atomic E-state index is 9.14. The van der Waals surface area contributed by atoms with Crippen molar-refractivity contribution in [2.24, 2.45) is 5.84 Å². The third-order valence-corrected chi connectivity index (χ3v) is 0. The normalized spacial score (nSPS) is 6.25. The number of hydrogen-bond acceptors (Lipinski definition) is 1. The van der Waals surface area contributed by atoms with E-state index >= 15 is 0 Å². The summed E-state index contributed by atoms with van der Waals surface area (Å²) in [4.78, 5) is 9.39. The van der Waals surface area contributed by atoms with Crippen LogP contribution in [0, 0.1) is 4.91 Å². The predicted octanol–water partition coefficient (Wildman–Crippen LogP) is -0.731. The molecule has 0 saturated heterocycles. The van der Waals surface area contributed by atoms with E-state index in [1.54, 1.807) is 0 Å². The molecule has 0 aliphatic carbocycles. The van der Waals surface area contributed by atoms with Crippen LogP contribution in [0.25, 0.3) is 0 Å². The Morgan fingerprint density at radius 3 is 2.00 bits per heavy atom. The lowest BCUT2D eigenvalue weighted by molar-refractivity contribution is -0.530. The van der Waals surface area contributed by atoms with Gasteiger partial charge in [-0.1, -0.05) is 0 Å². The van der Waals surface area contributed by atoms with Gasteiger partial charge in [-0.05, 0) is 0 Å². The van der Waals surface area contributed by atoms with Crippen LogP contribution in [0.3, 0.4) is 0 Å². The minimum atomic E-state index is 0.250. The number of hydrogen-bond donors (Lipinski definition) is 1. The van der Waals surface area contributed by atoms with Crippen molar-refractivity contribution in [1.29, 1.82) is 0 Å². The summed E-state index contributed by atoms with van der Waals surface area (Å²) < 4.78 is 0. The van der Waals surface area contributed by atoms with Crippen molar-refractivity contribution in [2.75, 3.05) is 7.05 Å². The lowest BCUT2D eigenvalue weighted by atomic mass is 11.5. The zero-order valence-corrected chi connectivity index (χ0v) is 2.43. The number of nitrogens with two attached hydrogens (primary N) is 1. The third-order valence-electron chi connectivity index (χ3n) is 0. The first-order valence-corrected chi connectivity index (χ1v) is 0.888. The Morgan fingerprint density at radius 1 is 2.00 bits per heavy atom. The molecule has 0 saturated carbocycles. The molecule has 3 heteroatoms. The maximum absolute atomic E-state index is 9.14. The van der Waals surface area contributed by atoms with Crippen LogP contribution in [-0.4, -0.2) is 11.9 Å². The Labute approximate surface area is 24.0 Å². The fourth-order valence-corrected chi connectivity index (χ4v) is 0. The summed E-state index contributed by atoms with van der Waals surface area (Å²) >= 11 is 0. The lowest BCUT2D eigenvalue weighted by Gasteiger charge is -1.52. The molecule has 24 valence electrons. The van der Waals surface area contributed by atoms with E-state index in [1.807, 2.05) is 0 Å². The first-order valence-electron chi connectivity index (χ1n) is 0.888. The predicted molar refractivity (Wildman–Crippen MR) is 13.7 cm³/mol. The second-order valence-corrected chi connectivity index (χ2v) is 0.546. The molecule has 0 spiro atoms. The van der Waals surface area contributed by atoms with Gasteiger partial charge in [0.1, 0.15) is 4.87 Å². The number of hydrazine groups is 1. The van der Waals surface area contributed by atoms with Crippen LogP contribution >= 0.6 is 0 Å². The van der Waals surface area contributed by atoms with E-state index in [0.717, 1.165) is 0 Å². The molecule has 0 aromatic rings. The van der Waals surface area contributed by atoms with Gasteiger partial charge >= 0.3 is 0 Å². The molecule has 0 aliphatic heterocycles. The summed E-state index contributed by atoms with van der Waals surface area (Å²) in [5, 5.41) is 0. The second kappa shape index (κ2) is 0.817. The van der Waals surface area contributed by atoms with Crippen LogP contribution in [0.5, 0.6) is 0 Å². The van der Waals surface area contributed by atoms with Crippen LogP contribution in [-0.2, 0) is 0 Å². The number of rotatable bonds is 0. The molecule has 0 bridgehead atoms. The Morgan fingerprint density at radius 2 is 2.00 bits per heavy atom. The minimum absolute atomic E-state index is 0.250. The van der Waals surface area contributed by atoms with Crippen molar-refractivity contribution in [3.05, 3.63) is 4.91 Å². The molecular weight excluding hydrogens is 56.0 g/mol. The average Bonchev–Trinajstić information content (AvgIpc) is 0.811. The Balaban J connectivity index is 2.80. The fraction of sp³-hybridized carbons (Fsp3) is 1.00. The standard InChI is InChI=1S/CH5N2O/c1-3(2)4/h1H3,(H2,2,4)/q+1. The average molecular weight is 61.1 g/mol. The van der Waals surface area contributed by atoms with Crippen molar-refractivity contribution in [1.82, 2.24) is 0 Å². The van der Waals surface area contributed by atoms with E-state index in [-0.39, 0.29) is 4.87 Å². The van der Waals surface area contributed by atoms with Crippen LogP contribution in [0.2, 0.25) is 0 Å². The number of nitrogens with zero attached hydrogens (tertiary/aromatic N) is 1. The SMILES string of the molecule is C[N+](N)=O. The van der Waals surface area contributed by atoms with E-state index in [1.165, 1.54) is 7.05 Å². The highest BCUT2D eigenvalue weighted by Gasteiger charge is 1.66. The highest BCUT2D eigenvalue weighted by atomic mass is 16.3. The second-order valence-electron chi connectivity index (χ2n) is 0.546. The van der Waals surface area contributed by atoms with Gasteiger partial charge in [0.2, 0.25) is 7.05 Å². The van der Waals surface area contributed by atoms with E-state index in [0.29, 0.717) is 0 Å². The van der Waals surface area contributed by atoms with E-state index in [2.05, 4.69) is 5.84 Å². The fourth-order valence-electron chi connectivity index (χ4n) is 0. The summed E-state index contributed by atoms with van der Waals surface area (Å²) in [6, 6.07) is 0. The van der Waals surface area contributed by atoms with E-state index in [9.17, 15) is 0 Å². The van der Waals surface area contributed by atoms with Gasteiger partial charge in [-0.25, -0.2) is 0 Å². The van der Waals surface area contributed by atoms with Crippen molar-refractivity contribution in [3.63, 3.8) is 0 Å². The van der Waals surface area contributed by atoms with Gasteiger partial charge in [0.25, 0.3) is 0 Å². The monoisotopic (exact) mass is 61.0 g/mol. The van der Waals surface area contributed by atoms with Gasteiger partial charge in [-0.3, -0.25) is 0 Å². The van der Waals surface area contributed by atoms with Gasteiger partial charge < -0.3 is 0 Å². The zero-order valence-electron chi connectivity index (χ0n) is 2.43.